The monoisotopic (exact) mass is 324 g/mol. The lowest BCUT2D eigenvalue weighted by Gasteiger charge is -2.35. The second kappa shape index (κ2) is 9.00. The summed E-state index contributed by atoms with van der Waals surface area (Å²) in [6.45, 7) is 5.85. The van der Waals surface area contributed by atoms with Crippen molar-refractivity contribution in [1.82, 2.24) is 9.97 Å². The van der Waals surface area contributed by atoms with Crippen molar-refractivity contribution in [3.8, 4) is 0 Å². The van der Waals surface area contributed by atoms with Crippen molar-refractivity contribution in [2.45, 2.75) is 44.9 Å². The summed E-state index contributed by atoms with van der Waals surface area (Å²) in [5.41, 5.74) is 0. The maximum atomic E-state index is 9.67. The lowest BCUT2D eigenvalue weighted by atomic mass is 9.94. The first-order chi connectivity index (χ1) is 11.1. The molecular weight excluding hydrogens is 296 g/mol. The van der Waals surface area contributed by atoms with Gasteiger partial charge in [-0.3, -0.25) is 0 Å². The molecule has 1 aliphatic rings. The predicted octanol–water partition coefficient (Wildman–Crippen LogP) is 1.51. The number of ether oxygens (including phenoxy) is 2. The van der Waals surface area contributed by atoms with Crippen molar-refractivity contribution in [3.05, 3.63) is 12.4 Å². The van der Waals surface area contributed by atoms with Gasteiger partial charge in [-0.1, -0.05) is 13.8 Å². The fourth-order valence-corrected chi connectivity index (χ4v) is 2.81. The zero-order chi connectivity index (χ0) is 16.7. The Kier molecular flexibility index (Phi) is 7.01. The molecule has 1 saturated heterocycles. The summed E-state index contributed by atoms with van der Waals surface area (Å²) in [5.74, 6) is 1.90. The van der Waals surface area contributed by atoms with E-state index in [0.29, 0.717) is 24.9 Å². The molecule has 2 heterocycles. The summed E-state index contributed by atoms with van der Waals surface area (Å²) >= 11 is 0. The molecule has 3 unspecified atom stereocenters. The average molecular weight is 324 g/mol. The van der Waals surface area contributed by atoms with Gasteiger partial charge in [-0.15, -0.1) is 0 Å². The fourth-order valence-electron chi connectivity index (χ4n) is 2.81. The number of anilines is 2. The van der Waals surface area contributed by atoms with Crippen LogP contribution in [0.1, 0.15) is 26.7 Å². The van der Waals surface area contributed by atoms with Crippen LogP contribution in [-0.2, 0) is 9.47 Å². The van der Waals surface area contributed by atoms with Gasteiger partial charge in [0.15, 0.2) is 0 Å². The number of nitrogens with zero attached hydrogens (tertiary/aromatic N) is 2. The first-order valence-corrected chi connectivity index (χ1v) is 8.21. The van der Waals surface area contributed by atoms with E-state index in [1.807, 2.05) is 6.07 Å². The molecule has 0 aliphatic carbocycles. The minimum absolute atomic E-state index is 0.193. The smallest absolute Gasteiger partial charge is 0.131 e. The molecule has 0 spiro atoms. The van der Waals surface area contributed by atoms with Crippen LogP contribution in [0.25, 0.3) is 0 Å². The van der Waals surface area contributed by atoms with Crippen LogP contribution in [0.15, 0.2) is 12.4 Å². The van der Waals surface area contributed by atoms with E-state index in [1.165, 1.54) is 6.33 Å². The first kappa shape index (κ1) is 17.9. The summed E-state index contributed by atoms with van der Waals surface area (Å²) in [4.78, 5) is 8.46. The Labute approximate surface area is 137 Å². The maximum Gasteiger partial charge on any atom is 0.131 e. The van der Waals surface area contributed by atoms with Crippen molar-refractivity contribution in [2.75, 3.05) is 37.5 Å². The van der Waals surface area contributed by atoms with Crippen LogP contribution in [0.5, 0.6) is 0 Å². The highest BCUT2D eigenvalue weighted by Gasteiger charge is 2.28. The van der Waals surface area contributed by atoms with Gasteiger partial charge in [0.05, 0.1) is 24.9 Å². The number of methoxy groups -OCH3 is 1. The van der Waals surface area contributed by atoms with E-state index < -0.39 is 6.10 Å². The Bertz CT molecular complexity index is 472. The van der Waals surface area contributed by atoms with Gasteiger partial charge in [-0.2, -0.15) is 0 Å². The van der Waals surface area contributed by atoms with Crippen LogP contribution >= 0.6 is 0 Å². The van der Waals surface area contributed by atoms with Gasteiger partial charge in [0.1, 0.15) is 18.0 Å². The van der Waals surface area contributed by atoms with Crippen LogP contribution in [0.3, 0.4) is 0 Å². The maximum absolute atomic E-state index is 9.67. The van der Waals surface area contributed by atoms with Gasteiger partial charge in [0.2, 0.25) is 0 Å². The van der Waals surface area contributed by atoms with Gasteiger partial charge in [-0.05, 0) is 18.8 Å². The van der Waals surface area contributed by atoms with E-state index in [2.05, 4.69) is 34.4 Å². The second-order valence-electron chi connectivity index (χ2n) is 6.25. The van der Waals surface area contributed by atoms with Crippen LogP contribution < -0.4 is 10.6 Å². The first-order valence-electron chi connectivity index (χ1n) is 8.21. The molecule has 0 bridgehead atoms. The fraction of sp³-hybridized carbons (Fsp3) is 0.750. The Hall–Kier alpha value is -1.44. The summed E-state index contributed by atoms with van der Waals surface area (Å²) in [7, 11) is 1.56. The van der Waals surface area contributed by atoms with Crippen molar-refractivity contribution >= 4 is 11.6 Å². The second-order valence-corrected chi connectivity index (χ2v) is 6.25. The molecule has 3 atom stereocenters. The van der Waals surface area contributed by atoms with E-state index in [9.17, 15) is 5.11 Å². The van der Waals surface area contributed by atoms with E-state index in [-0.39, 0.29) is 12.1 Å². The molecule has 1 aliphatic heterocycles. The molecule has 23 heavy (non-hydrogen) atoms. The highest BCUT2D eigenvalue weighted by atomic mass is 16.5. The predicted molar refractivity (Wildman–Crippen MR) is 89.6 cm³/mol. The largest absolute Gasteiger partial charge is 0.389 e. The highest BCUT2D eigenvalue weighted by Crippen LogP contribution is 2.23. The molecule has 130 valence electrons. The number of hydrogen-bond donors (Lipinski definition) is 3. The lowest BCUT2D eigenvalue weighted by Crippen LogP contribution is -2.43. The Morgan fingerprint density at radius 1 is 1.39 bits per heavy atom. The van der Waals surface area contributed by atoms with Crippen LogP contribution in [0, 0.1) is 5.92 Å². The van der Waals surface area contributed by atoms with Crippen LogP contribution in [-0.4, -0.2) is 60.2 Å². The normalized spacial score (nSPS) is 22.8. The standard InChI is InChI=1S/C16H28N4O3/c1-11(2)16-13(5-4-6-23-16)20-15-7-14(18-10-19-15)17-8-12(21)9-22-3/h7,10-13,16,21H,4-6,8-9H2,1-3H3,(H2,17,18,19,20). The van der Waals surface area contributed by atoms with Crippen LogP contribution in [0.4, 0.5) is 11.6 Å². The summed E-state index contributed by atoms with van der Waals surface area (Å²) in [6, 6.07) is 2.11. The number of aliphatic hydroxyl groups is 1. The number of aromatic nitrogens is 2. The zero-order valence-electron chi connectivity index (χ0n) is 14.2. The minimum atomic E-state index is -0.566. The molecule has 2 rings (SSSR count). The molecule has 0 radical (unpaired) electrons. The van der Waals surface area contributed by atoms with Gasteiger partial charge in [0.25, 0.3) is 0 Å². The molecule has 7 nitrogen and oxygen atoms in total. The Morgan fingerprint density at radius 3 is 2.91 bits per heavy atom. The summed E-state index contributed by atoms with van der Waals surface area (Å²) < 4.78 is 10.8. The molecular formula is C16H28N4O3. The number of hydrogen-bond acceptors (Lipinski definition) is 7. The molecule has 0 aromatic carbocycles. The molecule has 3 N–H and O–H groups in total. The van der Waals surface area contributed by atoms with E-state index in [0.717, 1.165) is 25.3 Å². The molecule has 0 amide bonds. The third kappa shape index (κ3) is 5.60. The van der Waals surface area contributed by atoms with E-state index in [4.69, 9.17) is 9.47 Å². The van der Waals surface area contributed by atoms with Crippen molar-refractivity contribution in [3.63, 3.8) is 0 Å². The van der Waals surface area contributed by atoms with E-state index in [1.54, 1.807) is 7.11 Å². The highest BCUT2D eigenvalue weighted by molar-refractivity contribution is 5.47. The van der Waals surface area contributed by atoms with Gasteiger partial charge in [0, 0.05) is 26.3 Å². The van der Waals surface area contributed by atoms with Crippen LogP contribution in [0.2, 0.25) is 0 Å². The number of rotatable bonds is 8. The zero-order valence-corrected chi connectivity index (χ0v) is 14.2. The van der Waals surface area contributed by atoms with E-state index >= 15 is 0 Å². The number of aliphatic hydroxyl groups excluding tert-OH is 1. The minimum Gasteiger partial charge on any atom is -0.389 e. The Balaban J connectivity index is 1.93. The van der Waals surface area contributed by atoms with Crippen molar-refractivity contribution in [1.29, 1.82) is 0 Å². The molecule has 7 heteroatoms. The Morgan fingerprint density at radius 2 is 2.17 bits per heavy atom. The summed E-state index contributed by atoms with van der Waals surface area (Å²) in [5, 5.41) is 16.2. The van der Waals surface area contributed by atoms with Gasteiger partial charge >= 0.3 is 0 Å². The van der Waals surface area contributed by atoms with Crippen molar-refractivity contribution in [2.24, 2.45) is 5.92 Å². The third-order valence-corrected chi connectivity index (χ3v) is 3.90. The summed E-state index contributed by atoms with van der Waals surface area (Å²) in [6.07, 6.45) is 3.27. The molecule has 1 aromatic heterocycles. The van der Waals surface area contributed by atoms with Crippen molar-refractivity contribution < 1.29 is 14.6 Å². The number of nitrogens with one attached hydrogen (secondary N) is 2. The topological polar surface area (TPSA) is 88.5 Å². The lowest BCUT2D eigenvalue weighted by molar-refractivity contribution is -0.0203. The molecule has 1 fully saturated rings. The molecule has 0 saturated carbocycles. The molecule has 1 aromatic rings. The third-order valence-electron chi connectivity index (χ3n) is 3.90. The van der Waals surface area contributed by atoms with Gasteiger partial charge in [-0.25, -0.2) is 9.97 Å². The van der Waals surface area contributed by atoms with Gasteiger partial charge < -0.3 is 25.2 Å². The SMILES string of the molecule is COCC(O)CNc1cc(NC2CCCOC2C(C)C)ncn1. The quantitative estimate of drug-likeness (QED) is 0.668. The average Bonchev–Trinajstić information content (AvgIpc) is 2.54.